The van der Waals surface area contributed by atoms with E-state index in [1.54, 1.807) is 30.3 Å². The smallest absolute Gasteiger partial charge is 0.573 e. The number of ether oxygens (including phenoxy) is 1. The van der Waals surface area contributed by atoms with Gasteiger partial charge in [-0.15, -0.1) is 13.2 Å². The molecule has 0 bridgehead atoms. The van der Waals surface area contributed by atoms with Gasteiger partial charge in [0.2, 0.25) is 5.69 Å². The van der Waals surface area contributed by atoms with Gasteiger partial charge >= 0.3 is 6.36 Å². The lowest BCUT2D eigenvalue weighted by atomic mass is 10.1. The highest BCUT2D eigenvalue weighted by Crippen LogP contribution is 2.27. The second kappa shape index (κ2) is 8.19. The van der Waals surface area contributed by atoms with Gasteiger partial charge in [0.1, 0.15) is 18.0 Å². The topological polar surface area (TPSA) is 102 Å². The SMILES string of the molecule is C=[N+]([O-])c1ccc2nc(-c3ccc(NC(=O)c4ccc(OC(F)(F)F)cc4)cc3)n(O)c2c1. The second-order valence-electron chi connectivity index (χ2n) is 6.90. The van der Waals surface area contributed by atoms with Crippen molar-refractivity contribution in [2.24, 2.45) is 0 Å². The molecule has 2 N–H and O–H groups in total. The summed E-state index contributed by atoms with van der Waals surface area (Å²) < 4.78 is 41.8. The molecule has 0 saturated heterocycles. The van der Waals surface area contributed by atoms with Gasteiger partial charge < -0.3 is 20.5 Å². The standard InChI is InChI=1S/C22H15F3N4O4/c1-28(31)16-8-11-18-19(12-16)29(32)20(27-18)13-2-6-15(7-3-13)26-21(30)14-4-9-17(10-5-14)33-22(23,24)25/h2-12,32H,1H2,(H,26,30). The molecule has 3 aromatic carbocycles. The van der Waals surface area contributed by atoms with Crippen molar-refractivity contribution in [3.05, 3.63) is 77.5 Å². The van der Waals surface area contributed by atoms with Crippen LogP contribution in [-0.2, 0) is 0 Å². The Bertz CT molecular complexity index is 1350. The molecule has 1 aromatic heterocycles. The highest BCUT2D eigenvalue weighted by Gasteiger charge is 2.31. The summed E-state index contributed by atoms with van der Waals surface area (Å²) in [4.78, 5) is 16.7. The van der Waals surface area contributed by atoms with Crippen molar-refractivity contribution < 1.29 is 32.6 Å². The third-order valence-electron chi connectivity index (χ3n) is 4.65. The fourth-order valence-corrected chi connectivity index (χ4v) is 3.11. The zero-order chi connectivity index (χ0) is 23.8. The van der Waals surface area contributed by atoms with E-state index in [2.05, 4.69) is 21.8 Å². The number of alkyl halides is 3. The van der Waals surface area contributed by atoms with E-state index in [1.807, 2.05) is 0 Å². The van der Waals surface area contributed by atoms with Crippen molar-refractivity contribution in [3.8, 4) is 17.1 Å². The van der Waals surface area contributed by atoms with E-state index in [0.29, 0.717) is 27.0 Å². The number of amides is 1. The van der Waals surface area contributed by atoms with Crippen LogP contribution in [0, 0.1) is 5.21 Å². The van der Waals surface area contributed by atoms with Crippen molar-refractivity contribution in [1.82, 2.24) is 9.71 Å². The molecule has 4 rings (SSSR count). The normalized spacial score (nSPS) is 11.4. The first-order valence-corrected chi connectivity index (χ1v) is 9.38. The lowest BCUT2D eigenvalue weighted by Gasteiger charge is -2.10. The summed E-state index contributed by atoms with van der Waals surface area (Å²) in [5, 5.41) is 24.5. The molecule has 11 heteroatoms. The summed E-state index contributed by atoms with van der Waals surface area (Å²) in [6, 6.07) is 15.5. The predicted octanol–water partition coefficient (Wildman–Crippen LogP) is 4.93. The first-order chi connectivity index (χ1) is 15.6. The molecular formula is C22H15F3N4O4. The van der Waals surface area contributed by atoms with E-state index in [9.17, 15) is 28.4 Å². The maximum atomic E-state index is 12.4. The van der Waals surface area contributed by atoms with E-state index in [4.69, 9.17) is 0 Å². The summed E-state index contributed by atoms with van der Waals surface area (Å²) in [6.45, 7) is 3.26. The Labute approximate surface area is 184 Å². The van der Waals surface area contributed by atoms with E-state index in [0.717, 1.165) is 16.9 Å². The van der Waals surface area contributed by atoms with Gasteiger partial charge in [-0.2, -0.15) is 9.47 Å². The summed E-state index contributed by atoms with van der Waals surface area (Å²) in [5.41, 5.74) is 2.13. The Hall–Kier alpha value is -4.54. The van der Waals surface area contributed by atoms with Crippen molar-refractivity contribution in [1.29, 1.82) is 0 Å². The molecule has 4 aromatic rings. The van der Waals surface area contributed by atoms with Gasteiger partial charge in [-0.1, -0.05) is 0 Å². The minimum absolute atomic E-state index is 0.138. The van der Waals surface area contributed by atoms with Crippen molar-refractivity contribution in [3.63, 3.8) is 0 Å². The fourth-order valence-electron chi connectivity index (χ4n) is 3.11. The van der Waals surface area contributed by atoms with Crippen molar-refractivity contribution in [2.75, 3.05) is 5.32 Å². The number of anilines is 1. The average molecular weight is 456 g/mol. The van der Waals surface area contributed by atoms with E-state index in [-0.39, 0.29) is 17.1 Å². The molecule has 33 heavy (non-hydrogen) atoms. The number of rotatable bonds is 5. The minimum Gasteiger partial charge on any atom is -0.619 e. The molecule has 0 fully saturated rings. The van der Waals surface area contributed by atoms with Crippen molar-refractivity contribution >= 4 is 35.0 Å². The number of imidazole rings is 1. The summed E-state index contributed by atoms with van der Waals surface area (Å²) in [7, 11) is 0. The van der Waals surface area contributed by atoms with Crippen LogP contribution in [0.1, 0.15) is 10.4 Å². The Morgan fingerprint density at radius 3 is 2.36 bits per heavy atom. The van der Waals surface area contributed by atoms with Gasteiger partial charge in [-0.05, 0) is 54.6 Å². The maximum Gasteiger partial charge on any atom is 0.573 e. The zero-order valence-corrected chi connectivity index (χ0v) is 16.7. The van der Waals surface area contributed by atoms with E-state index >= 15 is 0 Å². The first-order valence-electron chi connectivity index (χ1n) is 9.38. The van der Waals surface area contributed by atoms with Gasteiger partial charge in [-0.3, -0.25) is 4.79 Å². The lowest BCUT2D eigenvalue weighted by Crippen LogP contribution is -2.17. The van der Waals surface area contributed by atoms with Crippen LogP contribution in [-0.4, -0.2) is 38.6 Å². The molecule has 0 aliphatic rings. The number of carbonyl (C=O) groups is 1. The number of carbonyl (C=O) groups excluding carboxylic acids is 1. The minimum atomic E-state index is -4.81. The van der Waals surface area contributed by atoms with Gasteiger partial charge in [0, 0.05) is 28.9 Å². The molecule has 168 valence electrons. The van der Waals surface area contributed by atoms with Crippen LogP contribution in [0.15, 0.2) is 66.7 Å². The quantitative estimate of drug-likeness (QED) is 0.146. The molecule has 0 spiro atoms. The van der Waals surface area contributed by atoms with Gasteiger partial charge in [0.25, 0.3) is 5.91 Å². The Kier molecular flexibility index (Phi) is 5.38. The number of benzene rings is 3. The zero-order valence-electron chi connectivity index (χ0n) is 16.7. The molecule has 0 unspecified atom stereocenters. The second-order valence-corrected chi connectivity index (χ2v) is 6.90. The monoisotopic (exact) mass is 456 g/mol. The highest BCUT2D eigenvalue weighted by molar-refractivity contribution is 6.04. The molecule has 0 radical (unpaired) electrons. The number of aromatic nitrogens is 2. The van der Waals surface area contributed by atoms with E-state index in [1.165, 1.54) is 24.3 Å². The molecule has 0 atom stereocenters. The largest absolute Gasteiger partial charge is 0.619 e. The number of nitrogens with zero attached hydrogens (tertiary/aromatic N) is 3. The number of fused-ring (bicyclic) bond motifs is 1. The number of hydrogen-bond donors (Lipinski definition) is 2. The van der Waals surface area contributed by atoms with Gasteiger partial charge in [0.15, 0.2) is 5.82 Å². The van der Waals surface area contributed by atoms with Gasteiger partial charge in [0.05, 0.1) is 5.52 Å². The molecule has 0 saturated carbocycles. The average Bonchev–Trinajstić information content (AvgIpc) is 3.09. The summed E-state index contributed by atoms with van der Waals surface area (Å²) in [5.74, 6) is -0.735. The molecule has 1 amide bonds. The molecular weight excluding hydrogens is 441 g/mol. The fraction of sp³-hybridized carbons (Fsp3) is 0.0455. The summed E-state index contributed by atoms with van der Waals surface area (Å²) >= 11 is 0. The van der Waals surface area contributed by atoms with E-state index < -0.39 is 18.0 Å². The third-order valence-corrected chi connectivity index (χ3v) is 4.65. The molecule has 0 aliphatic carbocycles. The van der Waals surface area contributed by atoms with Crippen LogP contribution in [0.2, 0.25) is 0 Å². The van der Waals surface area contributed by atoms with Crippen LogP contribution in [0.3, 0.4) is 0 Å². The van der Waals surface area contributed by atoms with Gasteiger partial charge in [-0.25, -0.2) is 4.98 Å². The molecule has 1 heterocycles. The van der Waals surface area contributed by atoms with Crippen molar-refractivity contribution in [2.45, 2.75) is 6.36 Å². The predicted molar refractivity (Wildman–Crippen MR) is 114 cm³/mol. The van der Waals surface area contributed by atoms with Crippen LogP contribution < -0.4 is 10.1 Å². The summed E-state index contributed by atoms with van der Waals surface area (Å²) in [6.07, 6.45) is -4.81. The lowest BCUT2D eigenvalue weighted by molar-refractivity contribution is -0.349. The maximum absolute atomic E-state index is 12.4. The Morgan fingerprint density at radius 2 is 1.76 bits per heavy atom. The Morgan fingerprint density at radius 1 is 1.09 bits per heavy atom. The highest BCUT2D eigenvalue weighted by atomic mass is 19.4. The number of hydrogen-bond acceptors (Lipinski definition) is 5. The third kappa shape index (κ3) is 4.71. The van der Waals surface area contributed by atoms with Crippen LogP contribution in [0.5, 0.6) is 5.75 Å². The number of halogens is 3. The molecule has 8 nitrogen and oxygen atoms in total. The first kappa shape index (κ1) is 21.7. The van der Waals surface area contributed by atoms with Crippen LogP contribution in [0.25, 0.3) is 22.4 Å². The van der Waals surface area contributed by atoms with Crippen LogP contribution >= 0.6 is 0 Å². The molecule has 0 aliphatic heterocycles. The van der Waals surface area contributed by atoms with Crippen LogP contribution in [0.4, 0.5) is 24.5 Å². The number of nitrogens with one attached hydrogen (secondary N) is 1. The Balaban J connectivity index is 1.50.